The Balaban J connectivity index is -0.0000000400. The molecule has 0 bridgehead atoms. The van der Waals surface area contributed by atoms with Crippen molar-refractivity contribution >= 4 is 6.47 Å². The fraction of sp³-hybridized carbons (Fsp3) is 0.333. The van der Waals surface area contributed by atoms with Gasteiger partial charge in [-0.05, 0) is 0 Å². The molecule has 0 aliphatic carbocycles. The maximum Gasteiger partial charge on any atom is 1.00 e. The zero-order chi connectivity index (χ0) is 5.41. The summed E-state index contributed by atoms with van der Waals surface area (Å²) in [5.41, 5.74) is 0. The standard InChI is InChI=1S/C2H3N.CH2O2.Na/c1-2-3;2-1-3;/h1H3;1H,(H,2,3);/q;;+1/p-1. The smallest absolute Gasteiger partial charge is 0.554 e. The third-order valence-corrected chi connectivity index (χ3v) is 0. The molecule has 0 saturated carbocycles. The Hall–Kier alpha value is -0.0400. The molecule has 0 aromatic carbocycles. The molecule has 0 aliphatic heterocycles. The van der Waals surface area contributed by atoms with E-state index in [0.29, 0.717) is 0 Å². The molecule has 0 N–H and O–H groups in total. The molecule has 3 nitrogen and oxygen atoms in total. The molecule has 0 atom stereocenters. The van der Waals surface area contributed by atoms with E-state index in [-0.39, 0.29) is 29.6 Å². The quantitative estimate of drug-likeness (QED) is 0.234. The fourth-order valence-electron chi connectivity index (χ4n) is 0. The van der Waals surface area contributed by atoms with Gasteiger partial charge in [0, 0.05) is 13.4 Å². The van der Waals surface area contributed by atoms with E-state index >= 15 is 0 Å². The van der Waals surface area contributed by atoms with E-state index in [2.05, 4.69) is 0 Å². The second kappa shape index (κ2) is 38.2. The molecule has 4 heteroatoms. The molecule has 0 amide bonds. The fourth-order valence-corrected chi connectivity index (χ4v) is 0. The van der Waals surface area contributed by atoms with Crippen LogP contribution in [0.2, 0.25) is 0 Å². The van der Waals surface area contributed by atoms with Crippen LogP contribution in [0.15, 0.2) is 0 Å². The van der Waals surface area contributed by atoms with E-state index in [9.17, 15) is 0 Å². The molecular weight excluding hydrogens is 105 g/mol. The minimum Gasteiger partial charge on any atom is -0.554 e. The van der Waals surface area contributed by atoms with Crippen molar-refractivity contribution in [3.63, 3.8) is 0 Å². The van der Waals surface area contributed by atoms with Crippen molar-refractivity contribution in [2.45, 2.75) is 6.92 Å². The van der Waals surface area contributed by atoms with Crippen LogP contribution in [0.3, 0.4) is 0 Å². The number of carbonyl (C=O) groups is 1. The van der Waals surface area contributed by atoms with Crippen molar-refractivity contribution < 1.29 is 39.5 Å². The zero-order valence-electron chi connectivity index (χ0n) is 4.34. The molecule has 0 fully saturated rings. The topological polar surface area (TPSA) is 63.9 Å². The summed E-state index contributed by atoms with van der Waals surface area (Å²) in [6.45, 7) is 0.931. The predicted molar refractivity (Wildman–Crippen MR) is 17.4 cm³/mol. The first-order valence-corrected chi connectivity index (χ1v) is 1.20. The summed E-state index contributed by atoms with van der Waals surface area (Å²) in [6, 6.07) is 1.75. The molecule has 0 heterocycles. The average molecular weight is 109 g/mol. The molecule has 0 radical (unpaired) electrons. The molecule has 0 aromatic heterocycles. The second-order valence-electron chi connectivity index (χ2n) is 0.320. The van der Waals surface area contributed by atoms with Gasteiger partial charge >= 0.3 is 29.6 Å². The number of nitriles is 1. The van der Waals surface area contributed by atoms with Crippen molar-refractivity contribution in [2.75, 3.05) is 0 Å². The summed E-state index contributed by atoms with van der Waals surface area (Å²) < 4.78 is 0. The summed E-state index contributed by atoms with van der Waals surface area (Å²) in [4.78, 5) is 8.25. The van der Waals surface area contributed by atoms with Gasteiger partial charge in [0.2, 0.25) is 0 Å². The normalized spacial score (nSPS) is 2.86. The number of rotatable bonds is 0. The average Bonchev–Trinajstić information content (AvgIpc) is 1.39. The first kappa shape index (κ1) is 15.8. The number of carboxylic acid groups (broad SMARTS) is 1. The number of carbonyl (C=O) groups excluding carboxylic acids is 1. The SMILES string of the molecule is CC#N.O=C[O-].[Na+]. The van der Waals surface area contributed by atoms with E-state index in [1.54, 1.807) is 6.07 Å². The van der Waals surface area contributed by atoms with Crippen molar-refractivity contribution in [2.24, 2.45) is 0 Å². The molecule has 34 valence electrons. The monoisotopic (exact) mass is 109 g/mol. The minimum absolute atomic E-state index is 0. The molecule has 0 spiro atoms. The molecule has 0 aromatic rings. The zero-order valence-corrected chi connectivity index (χ0v) is 6.34. The maximum absolute atomic E-state index is 8.25. The van der Waals surface area contributed by atoms with Gasteiger partial charge in [0.25, 0.3) is 0 Å². The maximum atomic E-state index is 8.25. The predicted octanol–water partition coefficient (Wildman–Crippen LogP) is -4.10. The van der Waals surface area contributed by atoms with Crippen molar-refractivity contribution in [3.8, 4) is 6.07 Å². The molecule has 7 heavy (non-hydrogen) atoms. The van der Waals surface area contributed by atoms with Crippen LogP contribution < -0.4 is 34.7 Å². The summed E-state index contributed by atoms with van der Waals surface area (Å²) in [7, 11) is 0. The van der Waals surface area contributed by atoms with Crippen molar-refractivity contribution in [3.05, 3.63) is 0 Å². The largest absolute Gasteiger partial charge is 1.00 e. The van der Waals surface area contributed by atoms with Crippen molar-refractivity contribution in [1.82, 2.24) is 0 Å². The van der Waals surface area contributed by atoms with E-state index in [0.717, 1.165) is 0 Å². The van der Waals surface area contributed by atoms with Crippen LogP contribution in [0.5, 0.6) is 0 Å². The molecule has 0 saturated heterocycles. The molecule has 0 rings (SSSR count). The van der Waals surface area contributed by atoms with Gasteiger partial charge in [-0.3, -0.25) is 0 Å². The van der Waals surface area contributed by atoms with E-state index in [1.165, 1.54) is 6.92 Å². The van der Waals surface area contributed by atoms with E-state index in [4.69, 9.17) is 15.2 Å². The summed E-state index contributed by atoms with van der Waals surface area (Å²) >= 11 is 0. The Labute approximate surface area is 64.2 Å². The number of hydrogen-bond donors (Lipinski definition) is 0. The summed E-state index contributed by atoms with van der Waals surface area (Å²) in [5.74, 6) is 0. The summed E-state index contributed by atoms with van der Waals surface area (Å²) in [6.07, 6.45) is 0. The van der Waals surface area contributed by atoms with Crippen LogP contribution in [0.25, 0.3) is 0 Å². The Morgan fingerprint density at radius 1 is 1.86 bits per heavy atom. The Morgan fingerprint density at radius 2 is 1.86 bits per heavy atom. The van der Waals surface area contributed by atoms with Gasteiger partial charge in [0.1, 0.15) is 0 Å². The molecular formula is C3H4NNaO2. The van der Waals surface area contributed by atoms with Gasteiger partial charge in [0.15, 0.2) is 0 Å². The van der Waals surface area contributed by atoms with Crippen LogP contribution >= 0.6 is 0 Å². The second-order valence-corrected chi connectivity index (χ2v) is 0.320. The van der Waals surface area contributed by atoms with Crippen LogP contribution in [-0.2, 0) is 4.79 Å². The van der Waals surface area contributed by atoms with Crippen LogP contribution in [0.1, 0.15) is 6.92 Å². The summed E-state index contributed by atoms with van der Waals surface area (Å²) in [5, 5.41) is 15.6. The Bertz CT molecular complexity index is 58.4. The first-order valence-electron chi connectivity index (χ1n) is 1.20. The number of nitrogens with zero attached hydrogens (tertiary/aromatic N) is 1. The van der Waals surface area contributed by atoms with E-state index < -0.39 is 6.47 Å². The molecule has 0 aliphatic rings. The Kier molecular flexibility index (Phi) is 86.0. The van der Waals surface area contributed by atoms with Gasteiger partial charge in [-0.15, -0.1) is 0 Å². The Morgan fingerprint density at radius 3 is 1.86 bits per heavy atom. The van der Waals surface area contributed by atoms with Gasteiger partial charge in [0.05, 0.1) is 6.07 Å². The third kappa shape index (κ3) is 58400. The molecule has 0 unspecified atom stereocenters. The van der Waals surface area contributed by atoms with Gasteiger partial charge in [-0.25, -0.2) is 0 Å². The van der Waals surface area contributed by atoms with Gasteiger partial charge in [-0.2, -0.15) is 5.26 Å². The van der Waals surface area contributed by atoms with Crippen LogP contribution in [0.4, 0.5) is 0 Å². The first-order chi connectivity index (χ1) is 2.83. The van der Waals surface area contributed by atoms with Crippen LogP contribution in [-0.4, -0.2) is 6.47 Å². The van der Waals surface area contributed by atoms with Gasteiger partial charge in [-0.1, -0.05) is 0 Å². The number of hydrogen-bond acceptors (Lipinski definition) is 3. The van der Waals surface area contributed by atoms with Gasteiger partial charge < -0.3 is 9.90 Å². The third-order valence-electron chi connectivity index (χ3n) is 0. The van der Waals surface area contributed by atoms with Crippen LogP contribution in [0, 0.1) is 11.3 Å². The minimum atomic E-state index is -0.500. The van der Waals surface area contributed by atoms with Crippen molar-refractivity contribution in [1.29, 1.82) is 5.26 Å². The van der Waals surface area contributed by atoms with E-state index in [1.807, 2.05) is 0 Å².